The van der Waals surface area contributed by atoms with E-state index in [4.69, 9.17) is 5.11 Å². The lowest BCUT2D eigenvalue weighted by Gasteiger charge is -2.12. The number of nitrogens with one attached hydrogen (secondary N) is 1. The first-order valence-corrected chi connectivity index (χ1v) is 7.56. The maximum absolute atomic E-state index is 11.9. The molecule has 2 N–H and O–H groups in total. The van der Waals surface area contributed by atoms with Crippen LogP contribution in [0.4, 0.5) is 0 Å². The molecular weight excluding hydrogens is 262 g/mol. The number of rotatable bonds is 4. The predicted molar refractivity (Wildman–Crippen MR) is 76.3 cm³/mol. The number of aliphatic hydroxyl groups excluding tert-OH is 1. The SMILES string of the molecule is CC(CS(C)=O)NC(=O)c1ccc(C#CCO)cc1. The molecule has 1 rings (SSSR count). The van der Waals surface area contributed by atoms with Crippen LogP contribution in [0.15, 0.2) is 24.3 Å². The molecule has 0 aliphatic heterocycles. The first-order valence-electron chi connectivity index (χ1n) is 5.83. The molecule has 0 aliphatic carbocycles. The zero-order chi connectivity index (χ0) is 14.3. The van der Waals surface area contributed by atoms with Crippen LogP contribution in [-0.4, -0.2) is 39.9 Å². The van der Waals surface area contributed by atoms with Gasteiger partial charge in [-0.3, -0.25) is 9.00 Å². The van der Waals surface area contributed by atoms with E-state index in [0.29, 0.717) is 11.3 Å². The summed E-state index contributed by atoms with van der Waals surface area (Å²) in [5, 5.41) is 11.4. The van der Waals surface area contributed by atoms with E-state index >= 15 is 0 Å². The largest absolute Gasteiger partial charge is 0.384 e. The van der Waals surface area contributed by atoms with Crippen molar-refractivity contribution in [2.45, 2.75) is 13.0 Å². The van der Waals surface area contributed by atoms with E-state index in [1.165, 1.54) is 0 Å². The molecule has 0 heterocycles. The summed E-state index contributed by atoms with van der Waals surface area (Å²) in [7, 11) is -0.933. The molecule has 0 spiro atoms. The molecule has 1 amide bonds. The van der Waals surface area contributed by atoms with Gasteiger partial charge >= 0.3 is 0 Å². The highest BCUT2D eigenvalue weighted by Gasteiger charge is 2.10. The Balaban J connectivity index is 2.65. The van der Waals surface area contributed by atoms with Crippen LogP contribution < -0.4 is 5.32 Å². The van der Waals surface area contributed by atoms with Crippen molar-refractivity contribution in [3.8, 4) is 11.8 Å². The van der Waals surface area contributed by atoms with Crippen LogP contribution in [0.3, 0.4) is 0 Å². The zero-order valence-corrected chi connectivity index (χ0v) is 11.8. The van der Waals surface area contributed by atoms with Gasteiger partial charge in [0.15, 0.2) is 0 Å². The Kier molecular flexibility index (Phi) is 6.26. The first-order chi connectivity index (χ1) is 9.02. The molecule has 0 saturated carbocycles. The van der Waals surface area contributed by atoms with Gasteiger partial charge in [0.25, 0.3) is 5.91 Å². The van der Waals surface area contributed by atoms with Crippen molar-refractivity contribution < 1.29 is 14.1 Å². The Morgan fingerprint density at radius 2 is 2.05 bits per heavy atom. The Bertz CT molecular complexity index is 514. The van der Waals surface area contributed by atoms with Gasteiger partial charge < -0.3 is 10.4 Å². The molecule has 0 aliphatic rings. The zero-order valence-electron chi connectivity index (χ0n) is 11.0. The van der Waals surface area contributed by atoms with E-state index in [-0.39, 0.29) is 18.6 Å². The lowest BCUT2D eigenvalue weighted by atomic mass is 10.1. The molecule has 0 fully saturated rings. The fraction of sp³-hybridized carbons (Fsp3) is 0.357. The van der Waals surface area contributed by atoms with Crippen LogP contribution in [0, 0.1) is 11.8 Å². The van der Waals surface area contributed by atoms with Gasteiger partial charge in [0.1, 0.15) is 6.61 Å². The second-order valence-electron chi connectivity index (χ2n) is 4.15. The van der Waals surface area contributed by atoms with E-state index in [0.717, 1.165) is 5.56 Å². The highest BCUT2D eigenvalue weighted by molar-refractivity contribution is 7.84. The van der Waals surface area contributed by atoms with Gasteiger partial charge in [0.2, 0.25) is 0 Å². The highest BCUT2D eigenvalue weighted by Crippen LogP contribution is 2.04. The molecule has 0 aromatic heterocycles. The summed E-state index contributed by atoms with van der Waals surface area (Å²) in [6.07, 6.45) is 1.61. The molecule has 0 bridgehead atoms. The third-order valence-corrected chi connectivity index (χ3v) is 3.29. The number of aliphatic hydroxyl groups is 1. The number of carbonyl (C=O) groups excluding carboxylic acids is 1. The second-order valence-corrected chi connectivity index (χ2v) is 5.63. The molecule has 19 heavy (non-hydrogen) atoms. The van der Waals surface area contributed by atoms with Crippen molar-refractivity contribution in [3.05, 3.63) is 35.4 Å². The van der Waals surface area contributed by atoms with Crippen molar-refractivity contribution in [1.29, 1.82) is 0 Å². The Morgan fingerprint density at radius 3 is 2.58 bits per heavy atom. The summed E-state index contributed by atoms with van der Waals surface area (Å²) in [4.78, 5) is 11.9. The molecule has 5 heteroatoms. The standard InChI is InChI=1S/C14H17NO3S/c1-11(10-19(2)18)15-14(17)13-7-5-12(6-8-13)4-3-9-16/h5-8,11,16H,9-10H2,1-2H3,(H,15,17). The van der Waals surface area contributed by atoms with Crippen LogP contribution in [0.2, 0.25) is 0 Å². The number of amides is 1. The van der Waals surface area contributed by atoms with Crippen molar-refractivity contribution in [2.75, 3.05) is 18.6 Å². The predicted octanol–water partition coefficient (Wildman–Crippen LogP) is 0.527. The van der Waals surface area contributed by atoms with Crippen molar-refractivity contribution in [2.24, 2.45) is 0 Å². The average molecular weight is 279 g/mol. The summed E-state index contributed by atoms with van der Waals surface area (Å²) in [5.74, 6) is 5.54. The van der Waals surface area contributed by atoms with E-state index < -0.39 is 10.8 Å². The van der Waals surface area contributed by atoms with Gasteiger partial charge in [0.05, 0.1) is 0 Å². The smallest absolute Gasteiger partial charge is 0.251 e. The Hall–Kier alpha value is -1.64. The average Bonchev–Trinajstić information content (AvgIpc) is 2.35. The minimum Gasteiger partial charge on any atom is -0.384 e. The topological polar surface area (TPSA) is 66.4 Å². The van der Waals surface area contributed by atoms with Crippen LogP contribution in [0.25, 0.3) is 0 Å². The molecule has 2 atom stereocenters. The maximum atomic E-state index is 11.9. The Labute approximate surface area is 115 Å². The van der Waals surface area contributed by atoms with Gasteiger partial charge in [-0.2, -0.15) is 0 Å². The van der Waals surface area contributed by atoms with E-state index in [1.807, 2.05) is 6.92 Å². The van der Waals surface area contributed by atoms with Crippen LogP contribution in [0.1, 0.15) is 22.8 Å². The number of hydrogen-bond donors (Lipinski definition) is 2. The fourth-order valence-corrected chi connectivity index (χ4v) is 2.33. The summed E-state index contributed by atoms with van der Waals surface area (Å²) >= 11 is 0. The lowest BCUT2D eigenvalue weighted by molar-refractivity contribution is 0.0943. The van der Waals surface area contributed by atoms with Gasteiger partial charge in [0, 0.05) is 40.0 Å². The number of carbonyl (C=O) groups is 1. The first kappa shape index (κ1) is 15.4. The molecule has 1 aromatic rings. The highest BCUT2D eigenvalue weighted by atomic mass is 32.2. The molecule has 0 radical (unpaired) electrons. The fourth-order valence-electron chi connectivity index (χ4n) is 1.55. The Morgan fingerprint density at radius 1 is 1.42 bits per heavy atom. The minimum absolute atomic E-state index is 0.132. The minimum atomic E-state index is -0.933. The number of benzene rings is 1. The summed E-state index contributed by atoms with van der Waals surface area (Å²) in [6, 6.07) is 6.66. The van der Waals surface area contributed by atoms with Crippen molar-refractivity contribution >= 4 is 16.7 Å². The molecule has 2 unspecified atom stereocenters. The lowest BCUT2D eigenvalue weighted by Crippen LogP contribution is -2.36. The van der Waals surface area contributed by atoms with Crippen LogP contribution in [-0.2, 0) is 10.8 Å². The monoisotopic (exact) mass is 279 g/mol. The third kappa shape index (κ3) is 5.69. The van der Waals surface area contributed by atoms with E-state index in [2.05, 4.69) is 17.2 Å². The van der Waals surface area contributed by atoms with Crippen molar-refractivity contribution in [3.63, 3.8) is 0 Å². The summed E-state index contributed by atoms with van der Waals surface area (Å²) < 4.78 is 11.0. The van der Waals surface area contributed by atoms with E-state index in [9.17, 15) is 9.00 Å². The quantitative estimate of drug-likeness (QED) is 0.790. The van der Waals surface area contributed by atoms with Gasteiger partial charge in [-0.25, -0.2) is 0 Å². The second kappa shape index (κ2) is 7.72. The van der Waals surface area contributed by atoms with Gasteiger partial charge in [-0.1, -0.05) is 11.8 Å². The van der Waals surface area contributed by atoms with Gasteiger partial charge in [-0.05, 0) is 31.2 Å². The number of hydrogen-bond acceptors (Lipinski definition) is 3. The van der Waals surface area contributed by atoms with Crippen molar-refractivity contribution in [1.82, 2.24) is 5.32 Å². The van der Waals surface area contributed by atoms with Crippen LogP contribution >= 0.6 is 0 Å². The molecule has 102 valence electrons. The maximum Gasteiger partial charge on any atom is 0.251 e. The summed E-state index contributed by atoms with van der Waals surface area (Å²) in [6.45, 7) is 1.63. The van der Waals surface area contributed by atoms with Gasteiger partial charge in [-0.15, -0.1) is 0 Å². The molecule has 4 nitrogen and oxygen atoms in total. The summed E-state index contributed by atoms with van der Waals surface area (Å²) in [5.41, 5.74) is 1.27. The van der Waals surface area contributed by atoms with Crippen LogP contribution in [0.5, 0.6) is 0 Å². The molecular formula is C14H17NO3S. The molecule has 0 saturated heterocycles. The normalized spacial score (nSPS) is 13.0. The molecule has 1 aromatic carbocycles. The third-order valence-electron chi connectivity index (χ3n) is 2.32. The van der Waals surface area contributed by atoms with E-state index in [1.54, 1.807) is 30.5 Å².